The number of halogens is 2. The topological polar surface area (TPSA) is 64.3 Å². The molecule has 0 atom stereocenters. The lowest BCUT2D eigenvalue weighted by atomic mass is 10.1. The van der Waals surface area contributed by atoms with E-state index in [2.05, 4.69) is 5.32 Å². The third-order valence-corrected chi connectivity index (χ3v) is 4.14. The van der Waals surface area contributed by atoms with E-state index in [1.54, 1.807) is 24.3 Å². The molecule has 0 unspecified atom stereocenters. The van der Waals surface area contributed by atoms with Crippen LogP contribution in [0.15, 0.2) is 36.4 Å². The second-order valence-corrected chi connectivity index (χ2v) is 5.90. The summed E-state index contributed by atoms with van der Waals surface area (Å²) in [6, 6.07) is 8.66. The van der Waals surface area contributed by atoms with Gasteiger partial charge in [-0.15, -0.1) is 0 Å². The summed E-state index contributed by atoms with van der Waals surface area (Å²) in [7, 11) is 0. The summed E-state index contributed by atoms with van der Waals surface area (Å²) in [4.78, 5) is 12.1. The number of carbonyl (C=O) groups excluding carboxylic acids is 1. The maximum absolute atomic E-state index is 13.4. The van der Waals surface area contributed by atoms with Crippen LogP contribution in [0.1, 0.15) is 25.7 Å². The van der Waals surface area contributed by atoms with E-state index in [1.807, 2.05) is 0 Å². The van der Waals surface area contributed by atoms with Crippen LogP contribution in [0.4, 0.5) is 20.2 Å². The predicted octanol–water partition coefficient (Wildman–Crippen LogP) is 4.47. The number of carbonyl (C=O) groups is 1. The molecule has 2 aromatic rings. The summed E-state index contributed by atoms with van der Waals surface area (Å²) in [5.74, 6) is -1.21. The molecule has 3 rings (SSSR count). The Morgan fingerprint density at radius 3 is 2.21 bits per heavy atom. The normalized spacial score (nSPS) is 14.6. The van der Waals surface area contributed by atoms with Gasteiger partial charge in [0.2, 0.25) is 5.91 Å². The van der Waals surface area contributed by atoms with Crippen molar-refractivity contribution in [3.8, 4) is 11.5 Å². The summed E-state index contributed by atoms with van der Waals surface area (Å²) in [6.07, 6.45) is 4.06. The molecule has 1 amide bonds. The average Bonchev–Trinajstić information content (AvgIpc) is 3.09. The first-order valence-corrected chi connectivity index (χ1v) is 7.86. The van der Waals surface area contributed by atoms with E-state index >= 15 is 0 Å². The molecule has 24 heavy (non-hydrogen) atoms. The fourth-order valence-electron chi connectivity index (χ4n) is 2.79. The third-order valence-electron chi connectivity index (χ3n) is 4.14. The van der Waals surface area contributed by atoms with Crippen LogP contribution < -0.4 is 15.8 Å². The number of benzene rings is 2. The van der Waals surface area contributed by atoms with Crippen molar-refractivity contribution in [2.75, 3.05) is 11.1 Å². The molecular formula is C18H18F2N2O2. The van der Waals surface area contributed by atoms with Crippen molar-refractivity contribution in [3.63, 3.8) is 0 Å². The molecule has 0 heterocycles. The molecule has 1 aliphatic carbocycles. The standard InChI is InChI=1S/C18H18F2N2O2/c19-15-9-14(10-16(20)17(15)21)24-13-7-5-12(6-8-13)22-18(23)11-3-1-2-4-11/h5-11H,1-4,21H2,(H,22,23). The molecule has 0 bridgehead atoms. The van der Waals surface area contributed by atoms with E-state index in [-0.39, 0.29) is 17.6 Å². The van der Waals surface area contributed by atoms with Crippen LogP contribution in [0.5, 0.6) is 11.5 Å². The quantitative estimate of drug-likeness (QED) is 0.812. The van der Waals surface area contributed by atoms with E-state index in [1.165, 1.54) is 0 Å². The monoisotopic (exact) mass is 332 g/mol. The number of rotatable bonds is 4. The van der Waals surface area contributed by atoms with Crippen molar-refractivity contribution in [3.05, 3.63) is 48.0 Å². The van der Waals surface area contributed by atoms with E-state index in [0.717, 1.165) is 37.8 Å². The van der Waals surface area contributed by atoms with Gasteiger partial charge in [0.15, 0.2) is 11.6 Å². The number of hydrogen-bond donors (Lipinski definition) is 2. The lowest BCUT2D eigenvalue weighted by Gasteiger charge is -2.11. The van der Waals surface area contributed by atoms with Gasteiger partial charge in [0.25, 0.3) is 0 Å². The zero-order chi connectivity index (χ0) is 17.1. The minimum atomic E-state index is -0.870. The third kappa shape index (κ3) is 3.64. The van der Waals surface area contributed by atoms with E-state index in [9.17, 15) is 13.6 Å². The Hall–Kier alpha value is -2.63. The average molecular weight is 332 g/mol. The van der Waals surface area contributed by atoms with Crippen molar-refractivity contribution in [2.45, 2.75) is 25.7 Å². The summed E-state index contributed by atoms with van der Waals surface area (Å²) in [5, 5.41) is 2.87. The van der Waals surface area contributed by atoms with Crippen molar-refractivity contribution in [1.29, 1.82) is 0 Å². The molecule has 126 valence electrons. The number of anilines is 2. The largest absolute Gasteiger partial charge is 0.457 e. The van der Waals surface area contributed by atoms with Gasteiger partial charge >= 0.3 is 0 Å². The summed E-state index contributed by atoms with van der Waals surface area (Å²) < 4.78 is 32.2. The molecule has 3 N–H and O–H groups in total. The van der Waals surface area contributed by atoms with Gasteiger partial charge in [-0.1, -0.05) is 12.8 Å². The number of nitrogens with one attached hydrogen (secondary N) is 1. The highest BCUT2D eigenvalue weighted by Gasteiger charge is 2.22. The maximum Gasteiger partial charge on any atom is 0.227 e. The molecular weight excluding hydrogens is 314 g/mol. The Balaban J connectivity index is 1.65. The van der Waals surface area contributed by atoms with Crippen LogP contribution in [0.2, 0.25) is 0 Å². The minimum absolute atomic E-state index is 0.0157. The summed E-state index contributed by atoms with van der Waals surface area (Å²) in [5.41, 5.74) is 5.34. The van der Waals surface area contributed by atoms with Gasteiger partial charge < -0.3 is 15.8 Å². The van der Waals surface area contributed by atoms with Crippen molar-refractivity contribution in [1.82, 2.24) is 0 Å². The van der Waals surface area contributed by atoms with Gasteiger partial charge in [-0.2, -0.15) is 0 Å². The van der Waals surface area contributed by atoms with Gasteiger partial charge in [0.1, 0.15) is 17.2 Å². The van der Waals surface area contributed by atoms with E-state index in [4.69, 9.17) is 10.5 Å². The van der Waals surface area contributed by atoms with Gasteiger partial charge in [0.05, 0.1) is 0 Å². The molecule has 0 radical (unpaired) electrons. The molecule has 0 spiro atoms. The Morgan fingerprint density at radius 2 is 1.62 bits per heavy atom. The minimum Gasteiger partial charge on any atom is -0.457 e. The Kier molecular flexibility index (Phi) is 4.64. The van der Waals surface area contributed by atoms with Gasteiger partial charge in [0, 0.05) is 23.7 Å². The first-order chi connectivity index (χ1) is 11.5. The molecule has 0 aromatic heterocycles. The van der Waals surface area contributed by atoms with Gasteiger partial charge in [-0.3, -0.25) is 4.79 Å². The second kappa shape index (κ2) is 6.86. The number of nitrogens with two attached hydrogens (primary N) is 1. The van der Waals surface area contributed by atoms with Crippen molar-refractivity contribution < 1.29 is 18.3 Å². The number of amides is 1. The fourth-order valence-corrected chi connectivity index (χ4v) is 2.79. The lowest BCUT2D eigenvalue weighted by molar-refractivity contribution is -0.119. The van der Waals surface area contributed by atoms with Crippen molar-refractivity contribution >= 4 is 17.3 Å². The highest BCUT2D eigenvalue weighted by Crippen LogP contribution is 2.29. The first kappa shape index (κ1) is 16.2. The zero-order valence-corrected chi connectivity index (χ0v) is 13.0. The van der Waals surface area contributed by atoms with Gasteiger partial charge in [-0.25, -0.2) is 8.78 Å². The Labute approximate surface area is 138 Å². The van der Waals surface area contributed by atoms with Crippen LogP contribution in [-0.2, 0) is 4.79 Å². The van der Waals surface area contributed by atoms with Crippen LogP contribution in [-0.4, -0.2) is 5.91 Å². The SMILES string of the molecule is Nc1c(F)cc(Oc2ccc(NC(=O)C3CCCC3)cc2)cc1F. The number of hydrogen-bond acceptors (Lipinski definition) is 3. The van der Waals surface area contributed by atoms with Crippen LogP contribution in [0.3, 0.4) is 0 Å². The molecule has 1 aliphatic rings. The predicted molar refractivity (Wildman–Crippen MR) is 87.9 cm³/mol. The summed E-state index contributed by atoms with van der Waals surface area (Å²) >= 11 is 0. The fraction of sp³-hybridized carbons (Fsp3) is 0.278. The smallest absolute Gasteiger partial charge is 0.227 e. The number of nitrogen functional groups attached to an aromatic ring is 1. The molecule has 1 fully saturated rings. The second-order valence-electron chi connectivity index (χ2n) is 5.90. The van der Waals surface area contributed by atoms with Crippen molar-refractivity contribution in [2.24, 2.45) is 5.92 Å². The zero-order valence-electron chi connectivity index (χ0n) is 13.0. The molecule has 0 saturated heterocycles. The van der Waals surface area contributed by atoms with Gasteiger partial charge in [-0.05, 0) is 37.1 Å². The number of ether oxygens (including phenoxy) is 1. The maximum atomic E-state index is 13.4. The van der Waals surface area contributed by atoms with Crippen LogP contribution in [0.25, 0.3) is 0 Å². The summed E-state index contributed by atoms with van der Waals surface area (Å²) in [6.45, 7) is 0. The molecule has 4 nitrogen and oxygen atoms in total. The Bertz CT molecular complexity index is 718. The molecule has 1 saturated carbocycles. The van der Waals surface area contributed by atoms with Crippen LogP contribution >= 0.6 is 0 Å². The van der Waals surface area contributed by atoms with E-state index in [0.29, 0.717) is 11.4 Å². The Morgan fingerprint density at radius 1 is 1.04 bits per heavy atom. The first-order valence-electron chi connectivity index (χ1n) is 7.86. The van der Waals surface area contributed by atoms with E-state index < -0.39 is 17.3 Å². The molecule has 0 aliphatic heterocycles. The lowest BCUT2D eigenvalue weighted by Crippen LogP contribution is -2.20. The molecule has 2 aromatic carbocycles. The van der Waals surface area contributed by atoms with Crippen LogP contribution in [0, 0.1) is 17.6 Å². The highest BCUT2D eigenvalue weighted by molar-refractivity contribution is 5.92. The molecule has 6 heteroatoms. The highest BCUT2D eigenvalue weighted by atomic mass is 19.1.